The number of likely N-dealkylation sites (tertiary alicyclic amines) is 1. The third kappa shape index (κ3) is 1.76. The van der Waals surface area contributed by atoms with Gasteiger partial charge in [0.1, 0.15) is 16.7 Å². The predicted molar refractivity (Wildman–Crippen MR) is 79.7 cm³/mol. The smallest absolute Gasteiger partial charge is 0.407 e. The Hall–Kier alpha value is -2.64. The van der Waals surface area contributed by atoms with Gasteiger partial charge in [0.15, 0.2) is 0 Å². The van der Waals surface area contributed by atoms with E-state index in [0.717, 1.165) is 22.1 Å². The molecule has 1 fully saturated rings. The first kappa shape index (κ1) is 13.1. The summed E-state index contributed by atoms with van der Waals surface area (Å²) in [6, 6.07) is 1.97. The maximum atomic E-state index is 11.1. The van der Waals surface area contributed by atoms with E-state index in [9.17, 15) is 4.79 Å². The van der Waals surface area contributed by atoms with Crippen LogP contribution in [0, 0.1) is 0 Å². The first-order valence-electron chi connectivity index (χ1n) is 7.24. The summed E-state index contributed by atoms with van der Waals surface area (Å²) in [4.78, 5) is 20.0. The highest BCUT2D eigenvalue weighted by Crippen LogP contribution is 2.33. The van der Waals surface area contributed by atoms with Crippen molar-refractivity contribution in [2.24, 2.45) is 0 Å². The van der Waals surface area contributed by atoms with Crippen LogP contribution in [0.2, 0.25) is 0 Å². The average molecular weight is 300 g/mol. The van der Waals surface area contributed by atoms with Crippen LogP contribution < -0.4 is 0 Å². The number of aromatic nitrogens is 5. The van der Waals surface area contributed by atoms with Gasteiger partial charge < -0.3 is 15.0 Å². The topological polar surface area (TPSA) is 99.9 Å². The summed E-state index contributed by atoms with van der Waals surface area (Å²) in [5.41, 5.74) is 2.28. The molecule has 0 aliphatic carbocycles. The summed E-state index contributed by atoms with van der Waals surface area (Å²) in [6.07, 6.45) is 4.14. The number of nitrogens with zero attached hydrogens (tertiary/aromatic N) is 5. The molecular weight excluding hydrogens is 284 g/mol. The van der Waals surface area contributed by atoms with E-state index in [-0.39, 0.29) is 5.54 Å². The first-order valence-corrected chi connectivity index (χ1v) is 7.24. The van der Waals surface area contributed by atoms with Gasteiger partial charge in [0.05, 0.1) is 11.7 Å². The van der Waals surface area contributed by atoms with E-state index in [2.05, 4.69) is 27.2 Å². The summed E-state index contributed by atoms with van der Waals surface area (Å²) in [5, 5.41) is 18.7. The minimum Gasteiger partial charge on any atom is -0.465 e. The number of hydrogen-bond acceptors (Lipinski definition) is 4. The van der Waals surface area contributed by atoms with E-state index >= 15 is 0 Å². The Morgan fingerprint density at radius 2 is 2.18 bits per heavy atom. The number of aromatic amines is 1. The average Bonchev–Trinajstić information content (AvgIpc) is 3.13. The Labute approximate surface area is 125 Å². The molecule has 2 N–H and O–H groups in total. The SMILES string of the molecule is CC1(n2nnc3cnc4[nH]ccc4c32)CCN(C(=O)O)CC1. The molecule has 8 heteroatoms. The molecule has 22 heavy (non-hydrogen) atoms. The van der Waals surface area contributed by atoms with Crippen LogP contribution in [0.3, 0.4) is 0 Å². The molecule has 3 aromatic heterocycles. The van der Waals surface area contributed by atoms with E-state index < -0.39 is 6.09 Å². The molecule has 4 rings (SSSR count). The summed E-state index contributed by atoms with van der Waals surface area (Å²) in [5.74, 6) is 0. The molecule has 1 amide bonds. The maximum Gasteiger partial charge on any atom is 0.407 e. The zero-order valence-corrected chi connectivity index (χ0v) is 12.2. The van der Waals surface area contributed by atoms with Crippen LogP contribution >= 0.6 is 0 Å². The highest BCUT2D eigenvalue weighted by molar-refractivity contribution is 6.00. The lowest BCUT2D eigenvalue weighted by Gasteiger charge is -2.38. The lowest BCUT2D eigenvalue weighted by molar-refractivity contribution is 0.0967. The standard InChI is InChI=1S/C14H16N6O2/c1-14(3-6-19(7-4-14)13(21)22)20-11-9-2-5-15-12(9)16-8-10(11)17-18-20/h2,5,8H,3-4,6-7H2,1H3,(H,15,16)(H,21,22). The molecule has 1 aliphatic rings. The van der Waals surface area contributed by atoms with Gasteiger partial charge in [-0.15, -0.1) is 5.10 Å². The van der Waals surface area contributed by atoms with Crippen molar-refractivity contribution in [2.45, 2.75) is 25.3 Å². The number of H-pyrrole nitrogens is 1. The molecular formula is C14H16N6O2. The van der Waals surface area contributed by atoms with Crippen LogP contribution in [-0.4, -0.2) is 54.2 Å². The molecule has 0 atom stereocenters. The highest BCUT2D eigenvalue weighted by Gasteiger charge is 2.35. The third-order valence-electron chi connectivity index (χ3n) is 4.62. The Kier molecular flexibility index (Phi) is 2.63. The van der Waals surface area contributed by atoms with Crippen LogP contribution in [0.1, 0.15) is 19.8 Å². The van der Waals surface area contributed by atoms with Crippen molar-refractivity contribution in [2.75, 3.05) is 13.1 Å². The van der Waals surface area contributed by atoms with Gasteiger partial charge in [-0.05, 0) is 25.8 Å². The molecule has 0 radical (unpaired) electrons. The monoisotopic (exact) mass is 300 g/mol. The van der Waals surface area contributed by atoms with Crippen LogP contribution in [0.15, 0.2) is 18.5 Å². The normalized spacial score (nSPS) is 18.1. The van der Waals surface area contributed by atoms with Crippen molar-refractivity contribution in [3.8, 4) is 0 Å². The minimum atomic E-state index is -0.859. The molecule has 114 valence electrons. The largest absolute Gasteiger partial charge is 0.465 e. The molecule has 4 heterocycles. The predicted octanol–water partition coefficient (Wildman–Crippen LogP) is 1.80. The molecule has 3 aromatic rings. The zero-order chi connectivity index (χ0) is 15.3. The van der Waals surface area contributed by atoms with Gasteiger partial charge in [0, 0.05) is 24.7 Å². The second kappa shape index (κ2) is 4.43. The van der Waals surface area contributed by atoms with Crippen molar-refractivity contribution in [1.82, 2.24) is 29.9 Å². The number of fused-ring (bicyclic) bond motifs is 3. The molecule has 0 bridgehead atoms. The van der Waals surface area contributed by atoms with Crippen LogP contribution in [-0.2, 0) is 5.54 Å². The third-order valence-corrected chi connectivity index (χ3v) is 4.62. The van der Waals surface area contributed by atoms with E-state index in [1.807, 2.05) is 16.9 Å². The van der Waals surface area contributed by atoms with Gasteiger partial charge in [-0.25, -0.2) is 14.5 Å². The van der Waals surface area contributed by atoms with Crippen molar-refractivity contribution in [1.29, 1.82) is 0 Å². The van der Waals surface area contributed by atoms with Gasteiger partial charge in [0.25, 0.3) is 0 Å². The Morgan fingerprint density at radius 1 is 1.41 bits per heavy atom. The maximum absolute atomic E-state index is 11.1. The number of amides is 1. The van der Waals surface area contributed by atoms with E-state index in [0.29, 0.717) is 25.9 Å². The van der Waals surface area contributed by atoms with Gasteiger partial charge in [0.2, 0.25) is 0 Å². The van der Waals surface area contributed by atoms with Crippen molar-refractivity contribution in [3.05, 3.63) is 18.5 Å². The number of carboxylic acid groups (broad SMARTS) is 1. The molecule has 1 saturated heterocycles. The van der Waals surface area contributed by atoms with Gasteiger partial charge in [-0.1, -0.05) is 5.21 Å². The fraction of sp³-hybridized carbons (Fsp3) is 0.429. The Bertz CT molecular complexity index is 859. The molecule has 0 unspecified atom stereocenters. The molecule has 8 nitrogen and oxygen atoms in total. The highest BCUT2D eigenvalue weighted by atomic mass is 16.4. The summed E-state index contributed by atoms with van der Waals surface area (Å²) in [7, 11) is 0. The fourth-order valence-electron chi connectivity index (χ4n) is 3.19. The van der Waals surface area contributed by atoms with Crippen LogP contribution in [0.5, 0.6) is 0 Å². The molecule has 0 spiro atoms. The summed E-state index contributed by atoms with van der Waals surface area (Å²) in [6.45, 7) is 3.13. The second-order valence-electron chi connectivity index (χ2n) is 6.00. The van der Waals surface area contributed by atoms with Gasteiger partial charge >= 0.3 is 6.09 Å². The van der Waals surface area contributed by atoms with Gasteiger partial charge in [-0.3, -0.25) is 0 Å². The van der Waals surface area contributed by atoms with E-state index in [1.54, 1.807) is 6.20 Å². The zero-order valence-electron chi connectivity index (χ0n) is 12.2. The first-order chi connectivity index (χ1) is 10.6. The minimum absolute atomic E-state index is 0.244. The summed E-state index contributed by atoms with van der Waals surface area (Å²) >= 11 is 0. The number of rotatable bonds is 1. The second-order valence-corrected chi connectivity index (χ2v) is 6.00. The Balaban J connectivity index is 1.81. The summed E-state index contributed by atoms with van der Waals surface area (Å²) < 4.78 is 1.94. The quantitative estimate of drug-likeness (QED) is 0.713. The lowest BCUT2D eigenvalue weighted by atomic mass is 9.89. The fourth-order valence-corrected chi connectivity index (χ4v) is 3.19. The number of carbonyl (C=O) groups is 1. The molecule has 0 saturated carbocycles. The number of hydrogen-bond donors (Lipinski definition) is 2. The van der Waals surface area contributed by atoms with Crippen LogP contribution in [0.25, 0.3) is 22.1 Å². The Morgan fingerprint density at radius 3 is 2.91 bits per heavy atom. The van der Waals surface area contributed by atoms with Crippen molar-refractivity contribution < 1.29 is 9.90 Å². The van der Waals surface area contributed by atoms with Gasteiger partial charge in [-0.2, -0.15) is 0 Å². The van der Waals surface area contributed by atoms with E-state index in [1.165, 1.54) is 4.90 Å². The van der Waals surface area contributed by atoms with Crippen molar-refractivity contribution in [3.63, 3.8) is 0 Å². The molecule has 0 aromatic carbocycles. The van der Waals surface area contributed by atoms with Crippen LogP contribution in [0.4, 0.5) is 4.79 Å². The lowest BCUT2D eigenvalue weighted by Crippen LogP contribution is -2.46. The number of pyridine rings is 1. The van der Waals surface area contributed by atoms with Crippen molar-refractivity contribution >= 4 is 28.2 Å². The molecule has 1 aliphatic heterocycles. The van der Waals surface area contributed by atoms with E-state index in [4.69, 9.17) is 5.11 Å². The number of nitrogens with one attached hydrogen (secondary N) is 1. The number of piperidine rings is 1.